The lowest BCUT2D eigenvalue weighted by Gasteiger charge is -2.45. The fourth-order valence-corrected chi connectivity index (χ4v) is 12.2. The van der Waals surface area contributed by atoms with Gasteiger partial charge in [0.15, 0.2) is 0 Å². The van der Waals surface area contributed by atoms with Gasteiger partial charge in [0, 0.05) is 44.4 Å². The lowest BCUT2D eigenvalue weighted by Crippen LogP contribution is -2.36. The Bertz CT molecular complexity index is 3770. The minimum Gasteiger partial charge on any atom is -0.455 e. The van der Waals surface area contributed by atoms with Crippen molar-refractivity contribution in [3.05, 3.63) is 264 Å². The molecule has 2 heterocycles. The Hall–Kier alpha value is -8.40. The van der Waals surface area contributed by atoms with Crippen molar-refractivity contribution < 1.29 is 4.42 Å². The number of benzene rings is 10. The van der Waals surface area contributed by atoms with Gasteiger partial charge in [-0.2, -0.15) is 0 Å². The molecule has 0 fully saturated rings. The largest absolute Gasteiger partial charge is 0.455 e. The second-order valence-corrected chi connectivity index (χ2v) is 18.8. The minimum atomic E-state index is -0.604. The first-order valence-electron chi connectivity index (χ1n) is 23.3. The van der Waals surface area contributed by atoms with E-state index in [1.54, 1.807) is 0 Å². The quantitative estimate of drug-likeness (QED) is 0.172. The van der Waals surface area contributed by atoms with Crippen LogP contribution in [0.4, 0.5) is 34.1 Å². The molecule has 3 nitrogen and oxygen atoms in total. The van der Waals surface area contributed by atoms with Crippen LogP contribution in [0.15, 0.2) is 235 Å². The summed E-state index contributed by atoms with van der Waals surface area (Å²) in [6, 6.07) is 85.1. The lowest BCUT2D eigenvalue weighted by molar-refractivity contribution is 0.660. The third kappa shape index (κ3) is 5.17. The molecule has 0 N–H and O–H groups in total. The topological polar surface area (TPSA) is 19.6 Å². The van der Waals surface area contributed by atoms with Gasteiger partial charge in [-0.15, -0.1) is 0 Å². The summed E-state index contributed by atoms with van der Waals surface area (Å²) in [6.07, 6.45) is 0. The molecule has 0 radical (unpaired) electrons. The predicted octanol–water partition coefficient (Wildman–Crippen LogP) is 17.2. The number of fused-ring (bicyclic) bond motifs is 15. The summed E-state index contributed by atoms with van der Waals surface area (Å²) < 4.78 is 6.76. The average Bonchev–Trinajstić information content (AvgIpc) is 3.98. The number of rotatable bonds is 5. The van der Waals surface area contributed by atoms with Crippen molar-refractivity contribution in [1.82, 2.24) is 0 Å². The van der Waals surface area contributed by atoms with Gasteiger partial charge >= 0.3 is 0 Å². The fourth-order valence-electron chi connectivity index (χ4n) is 12.2. The number of nitrogens with zero attached hydrogens (tertiary/aromatic N) is 2. The lowest BCUT2D eigenvalue weighted by atomic mass is 9.64. The third-order valence-electron chi connectivity index (χ3n) is 15.1. The summed E-state index contributed by atoms with van der Waals surface area (Å²) in [7, 11) is 0. The summed E-state index contributed by atoms with van der Waals surface area (Å²) in [6.45, 7) is 4.74. The first-order chi connectivity index (χ1) is 33.0. The zero-order chi connectivity index (χ0) is 44.4. The molecule has 0 atom stereocenters. The Kier molecular flexibility index (Phi) is 7.95. The zero-order valence-corrected chi connectivity index (χ0v) is 37.2. The maximum absolute atomic E-state index is 6.76. The van der Waals surface area contributed by atoms with E-state index in [1.807, 2.05) is 0 Å². The minimum absolute atomic E-state index is 0.184. The Balaban J connectivity index is 1.05. The predicted molar refractivity (Wildman–Crippen MR) is 277 cm³/mol. The van der Waals surface area contributed by atoms with Gasteiger partial charge in [0.2, 0.25) is 0 Å². The molecule has 67 heavy (non-hydrogen) atoms. The second kappa shape index (κ2) is 14.1. The van der Waals surface area contributed by atoms with Crippen LogP contribution in [0.1, 0.15) is 47.2 Å². The SMILES string of the molecule is CC1(C)c2ccccc2-c2ccc(N(c3ccc4c(c3)C3(c5ccccc5-4)c4ccccc4N(c4ccccc4)c4ccccc43)c3ccccc3-c3cccc4c3oc3ccccc34)cc21. The van der Waals surface area contributed by atoms with Gasteiger partial charge in [-0.3, -0.25) is 0 Å². The highest BCUT2D eigenvalue weighted by atomic mass is 16.3. The van der Waals surface area contributed by atoms with Crippen LogP contribution in [0.2, 0.25) is 0 Å². The van der Waals surface area contributed by atoms with Gasteiger partial charge in [-0.1, -0.05) is 184 Å². The molecule has 2 aliphatic carbocycles. The van der Waals surface area contributed by atoms with Crippen LogP contribution in [-0.4, -0.2) is 0 Å². The zero-order valence-electron chi connectivity index (χ0n) is 37.2. The molecule has 3 heteroatoms. The standard InChI is InChI=1S/C64H44N2O/c1-63(2)52-27-10-6-21-44(52)46-37-35-42(39-56(46)63)65(58-31-14-8-23-48(58)50-25-18-26-51-49-24-9-17-34-61(49)67-62(50)51)43-36-38-47-45-22-7-11-28-53(45)64(57(47)40-43)54-29-12-15-32-59(54)66(41-19-4-3-5-20-41)60-33-16-13-30-55(60)64/h3-40H,1-2H3. The van der Waals surface area contributed by atoms with E-state index in [4.69, 9.17) is 4.42 Å². The van der Waals surface area contributed by atoms with E-state index in [9.17, 15) is 0 Å². The number of anilines is 6. The number of hydrogen-bond donors (Lipinski definition) is 0. The van der Waals surface area contributed by atoms with E-state index in [0.29, 0.717) is 0 Å². The van der Waals surface area contributed by atoms with E-state index in [2.05, 4.69) is 254 Å². The molecule has 0 unspecified atom stereocenters. The van der Waals surface area contributed by atoms with Crippen LogP contribution >= 0.6 is 0 Å². The molecule has 1 aliphatic heterocycles. The van der Waals surface area contributed by atoms with Gasteiger partial charge in [-0.25, -0.2) is 0 Å². The average molecular weight is 857 g/mol. The highest BCUT2D eigenvalue weighted by Gasteiger charge is 2.52. The van der Waals surface area contributed by atoms with Crippen molar-refractivity contribution in [3.63, 3.8) is 0 Å². The molecule has 0 saturated heterocycles. The summed E-state index contributed by atoms with van der Waals surface area (Å²) in [4.78, 5) is 4.95. The van der Waals surface area contributed by atoms with Crippen molar-refractivity contribution >= 4 is 56.1 Å². The van der Waals surface area contributed by atoms with Crippen LogP contribution < -0.4 is 9.80 Å². The van der Waals surface area contributed by atoms with Crippen LogP contribution in [0, 0.1) is 0 Å². The number of furan rings is 1. The number of hydrogen-bond acceptors (Lipinski definition) is 3. The van der Waals surface area contributed by atoms with E-state index in [-0.39, 0.29) is 5.41 Å². The van der Waals surface area contributed by atoms with Crippen molar-refractivity contribution in [2.75, 3.05) is 9.80 Å². The molecular formula is C64H44N2O. The molecule has 0 saturated carbocycles. The Morgan fingerprint density at radius 1 is 0.373 bits per heavy atom. The Labute approximate surface area is 390 Å². The van der Waals surface area contributed by atoms with E-state index in [1.165, 1.54) is 67.0 Å². The van der Waals surface area contributed by atoms with Crippen molar-refractivity contribution in [2.45, 2.75) is 24.7 Å². The van der Waals surface area contributed by atoms with Gasteiger partial charge in [-0.05, 0) is 116 Å². The third-order valence-corrected chi connectivity index (χ3v) is 15.1. The molecular weight excluding hydrogens is 813 g/mol. The molecule has 1 spiro atoms. The first-order valence-corrected chi connectivity index (χ1v) is 23.3. The summed E-state index contributed by atoms with van der Waals surface area (Å²) in [5, 5.41) is 2.24. The molecule has 14 rings (SSSR count). The normalized spacial score (nSPS) is 14.3. The molecule has 10 aromatic carbocycles. The molecule has 11 aromatic rings. The van der Waals surface area contributed by atoms with Gasteiger partial charge in [0.25, 0.3) is 0 Å². The van der Waals surface area contributed by atoms with Crippen LogP contribution in [0.5, 0.6) is 0 Å². The van der Waals surface area contributed by atoms with Crippen LogP contribution in [0.3, 0.4) is 0 Å². The van der Waals surface area contributed by atoms with Gasteiger partial charge in [0.1, 0.15) is 11.2 Å². The van der Waals surface area contributed by atoms with Gasteiger partial charge in [0.05, 0.1) is 22.5 Å². The highest BCUT2D eigenvalue weighted by Crippen LogP contribution is 2.64. The van der Waals surface area contributed by atoms with Crippen molar-refractivity contribution in [2.24, 2.45) is 0 Å². The first kappa shape index (κ1) is 37.9. The smallest absolute Gasteiger partial charge is 0.143 e. The Morgan fingerprint density at radius 2 is 0.881 bits per heavy atom. The van der Waals surface area contributed by atoms with Crippen molar-refractivity contribution in [1.29, 1.82) is 0 Å². The summed E-state index contributed by atoms with van der Waals surface area (Å²) >= 11 is 0. The van der Waals surface area contributed by atoms with Gasteiger partial charge < -0.3 is 14.2 Å². The molecule has 1 aromatic heterocycles. The molecule has 0 bridgehead atoms. The van der Waals surface area contributed by atoms with Crippen LogP contribution in [-0.2, 0) is 10.8 Å². The monoisotopic (exact) mass is 856 g/mol. The van der Waals surface area contributed by atoms with Crippen LogP contribution in [0.25, 0.3) is 55.3 Å². The number of para-hydroxylation sites is 6. The molecule has 0 amide bonds. The maximum Gasteiger partial charge on any atom is 0.143 e. The second-order valence-electron chi connectivity index (χ2n) is 18.8. The molecule has 316 valence electrons. The molecule has 3 aliphatic rings. The summed E-state index contributed by atoms with van der Waals surface area (Å²) in [5.74, 6) is 0. The van der Waals surface area contributed by atoms with Crippen molar-refractivity contribution in [3.8, 4) is 33.4 Å². The maximum atomic E-state index is 6.76. The van der Waals surface area contributed by atoms with E-state index in [0.717, 1.165) is 55.8 Å². The fraction of sp³-hybridized carbons (Fsp3) is 0.0625. The summed E-state index contributed by atoms with van der Waals surface area (Å²) in [5.41, 5.74) is 22.9. The Morgan fingerprint density at radius 3 is 1.61 bits per heavy atom. The van der Waals surface area contributed by atoms with E-state index < -0.39 is 5.41 Å². The van der Waals surface area contributed by atoms with E-state index >= 15 is 0 Å². The highest BCUT2D eigenvalue weighted by molar-refractivity contribution is 6.11.